The molecular formula is C13H16N2O4. The van der Waals surface area contributed by atoms with Crippen LogP contribution in [0.2, 0.25) is 0 Å². The maximum Gasteiger partial charge on any atom is 0.273 e. The number of hydrogen-bond donors (Lipinski definition) is 2. The summed E-state index contributed by atoms with van der Waals surface area (Å²) in [5, 5.41) is 22.9. The number of nitro groups is 1. The van der Waals surface area contributed by atoms with Crippen LogP contribution in [0.3, 0.4) is 0 Å². The molecule has 6 nitrogen and oxygen atoms in total. The van der Waals surface area contributed by atoms with Crippen molar-refractivity contribution in [3.63, 3.8) is 0 Å². The average molecular weight is 264 g/mol. The first-order valence-electron chi connectivity index (χ1n) is 6.16. The van der Waals surface area contributed by atoms with Gasteiger partial charge in [-0.05, 0) is 32.3 Å². The molecule has 1 aromatic carbocycles. The van der Waals surface area contributed by atoms with E-state index in [4.69, 9.17) is 0 Å². The summed E-state index contributed by atoms with van der Waals surface area (Å²) in [6.07, 6.45) is 2.45. The summed E-state index contributed by atoms with van der Waals surface area (Å²) in [6, 6.07) is 4.38. The second-order valence-corrected chi connectivity index (χ2v) is 5.00. The number of rotatable bonds is 4. The molecule has 0 radical (unpaired) electrons. The largest absolute Gasteiger partial charge is 0.394 e. The van der Waals surface area contributed by atoms with Crippen LogP contribution >= 0.6 is 0 Å². The summed E-state index contributed by atoms with van der Waals surface area (Å²) in [5.74, 6) is -0.378. The van der Waals surface area contributed by atoms with Crippen LogP contribution in [0, 0.1) is 17.0 Å². The van der Waals surface area contributed by atoms with Crippen molar-refractivity contribution in [3.05, 3.63) is 39.4 Å². The Balaban J connectivity index is 2.20. The predicted molar refractivity (Wildman–Crippen MR) is 69.0 cm³/mol. The molecule has 0 bridgehead atoms. The molecule has 19 heavy (non-hydrogen) atoms. The Morgan fingerprint density at radius 3 is 2.68 bits per heavy atom. The molecule has 0 unspecified atom stereocenters. The van der Waals surface area contributed by atoms with E-state index >= 15 is 0 Å². The molecule has 1 aliphatic rings. The molecule has 1 aliphatic carbocycles. The standard InChI is InChI=1S/C13H16N2O4/c1-9-3-4-10(7-11(9)15(18)19)12(17)14-13(8-16)5-2-6-13/h3-4,7,16H,2,5-6,8H2,1H3,(H,14,17). The molecule has 0 aromatic heterocycles. The number of amides is 1. The Hall–Kier alpha value is -1.95. The van der Waals surface area contributed by atoms with Gasteiger partial charge in [0.25, 0.3) is 11.6 Å². The minimum atomic E-state index is -0.545. The number of carbonyl (C=O) groups excluding carboxylic acids is 1. The summed E-state index contributed by atoms with van der Waals surface area (Å²) in [4.78, 5) is 22.4. The fourth-order valence-corrected chi connectivity index (χ4v) is 2.19. The van der Waals surface area contributed by atoms with Gasteiger partial charge in [0.15, 0.2) is 0 Å². The zero-order valence-electron chi connectivity index (χ0n) is 10.7. The number of aliphatic hydroxyl groups is 1. The minimum Gasteiger partial charge on any atom is -0.394 e. The zero-order chi connectivity index (χ0) is 14.0. The zero-order valence-corrected chi connectivity index (χ0v) is 10.7. The second kappa shape index (κ2) is 4.97. The molecule has 0 saturated heterocycles. The summed E-state index contributed by atoms with van der Waals surface area (Å²) in [7, 11) is 0. The first-order valence-corrected chi connectivity index (χ1v) is 6.16. The number of nitro benzene ring substituents is 1. The molecule has 0 aliphatic heterocycles. The van der Waals surface area contributed by atoms with E-state index in [-0.39, 0.29) is 23.8 Å². The fourth-order valence-electron chi connectivity index (χ4n) is 2.19. The van der Waals surface area contributed by atoms with Gasteiger partial charge in [-0.2, -0.15) is 0 Å². The number of aryl methyl sites for hydroxylation is 1. The topological polar surface area (TPSA) is 92.5 Å². The highest BCUT2D eigenvalue weighted by Crippen LogP contribution is 2.31. The molecule has 0 atom stereocenters. The van der Waals surface area contributed by atoms with Crippen molar-refractivity contribution in [2.45, 2.75) is 31.7 Å². The van der Waals surface area contributed by atoms with Gasteiger partial charge in [0.1, 0.15) is 0 Å². The first kappa shape index (κ1) is 13.5. The third-order valence-electron chi connectivity index (χ3n) is 3.66. The van der Waals surface area contributed by atoms with Crippen molar-refractivity contribution in [1.82, 2.24) is 5.32 Å². The van der Waals surface area contributed by atoms with Crippen molar-refractivity contribution < 1.29 is 14.8 Å². The van der Waals surface area contributed by atoms with E-state index in [1.54, 1.807) is 19.1 Å². The SMILES string of the molecule is Cc1ccc(C(=O)NC2(CO)CCC2)cc1[N+](=O)[O-]. The van der Waals surface area contributed by atoms with Crippen LogP contribution in [-0.2, 0) is 0 Å². The minimum absolute atomic E-state index is 0.0701. The van der Waals surface area contributed by atoms with Gasteiger partial charge < -0.3 is 10.4 Å². The normalized spacial score (nSPS) is 16.5. The molecule has 0 heterocycles. The van der Waals surface area contributed by atoms with Crippen molar-refractivity contribution in [2.24, 2.45) is 0 Å². The lowest BCUT2D eigenvalue weighted by Gasteiger charge is -2.40. The third-order valence-corrected chi connectivity index (χ3v) is 3.66. The predicted octanol–water partition coefficient (Wildman–Crippen LogP) is 1.55. The van der Waals surface area contributed by atoms with Gasteiger partial charge in [-0.15, -0.1) is 0 Å². The highest BCUT2D eigenvalue weighted by molar-refractivity contribution is 5.95. The summed E-state index contributed by atoms with van der Waals surface area (Å²) >= 11 is 0. The molecule has 1 fully saturated rings. The molecule has 1 saturated carbocycles. The van der Waals surface area contributed by atoms with Crippen LogP contribution in [-0.4, -0.2) is 28.1 Å². The van der Waals surface area contributed by atoms with Crippen LogP contribution in [0.15, 0.2) is 18.2 Å². The van der Waals surface area contributed by atoms with Crippen molar-refractivity contribution in [3.8, 4) is 0 Å². The number of benzene rings is 1. The Bertz CT molecular complexity index is 518. The number of nitrogens with zero attached hydrogens (tertiary/aromatic N) is 1. The van der Waals surface area contributed by atoms with Crippen molar-refractivity contribution >= 4 is 11.6 Å². The molecule has 6 heteroatoms. The lowest BCUT2D eigenvalue weighted by Crippen LogP contribution is -2.56. The maximum atomic E-state index is 12.1. The van der Waals surface area contributed by atoms with Gasteiger partial charge in [-0.3, -0.25) is 14.9 Å². The fraction of sp³-hybridized carbons (Fsp3) is 0.462. The number of aliphatic hydroxyl groups excluding tert-OH is 1. The number of nitrogens with one attached hydrogen (secondary N) is 1. The van der Waals surface area contributed by atoms with Gasteiger partial charge in [-0.25, -0.2) is 0 Å². The monoisotopic (exact) mass is 264 g/mol. The number of carbonyl (C=O) groups is 1. The van der Waals surface area contributed by atoms with E-state index in [1.807, 2.05) is 0 Å². The lowest BCUT2D eigenvalue weighted by atomic mass is 9.77. The van der Waals surface area contributed by atoms with E-state index in [0.29, 0.717) is 5.56 Å². The molecule has 2 N–H and O–H groups in total. The van der Waals surface area contributed by atoms with Crippen LogP contribution < -0.4 is 5.32 Å². The van der Waals surface area contributed by atoms with E-state index in [2.05, 4.69) is 5.32 Å². The Morgan fingerprint density at radius 2 is 2.21 bits per heavy atom. The van der Waals surface area contributed by atoms with Gasteiger partial charge in [0.2, 0.25) is 0 Å². The lowest BCUT2D eigenvalue weighted by molar-refractivity contribution is -0.385. The Morgan fingerprint density at radius 1 is 1.53 bits per heavy atom. The van der Waals surface area contributed by atoms with Gasteiger partial charge in [0.05, 0.1) is 17.1 Å². The third kappa shape index (κ3) is 2.58. The van der Waals surface area contributed by atoms with E-state index in [0.717, 1.165) is 19.3 Å². The smallest absolute Gasteiger partial charge is 0.273 e. The van der Waals surface area contributed by atoms with Gasteiger partial charge >= 0.3 is 0 Å². The number of hydrogen-bond acceptors (Lipinski definition) is 4. The van der Waals surface area contributed by atoms with E-state index < -0.39 is 10.5 Å². The van der Waals surface area contributed by atoms with Crippen molar-refractivity contribution in [2.75, 3.05) is 6.61 Å². The average Bonchev–Trinajstić information content (AvgIpc) is 2.33. The van der Waals surface area contributed by atoms with Crippen LogP contribution in [0.4, 0.5) is 5.69 Å². The maximum absolute atomic E-state index is 12.1. The summed E-state index contributed by atoms with van der Waals surface area (Å²) < 4.78 is 0. The van der Waals surface area contributed by atoms with Crippen LogP contribution in [0.5, 0.6) is 0 Å². The Kier molecular flexibility index (Phi) is 3.53. The highest BCUT2D eigenvalue weighted by Gasteiger charge is 2.38. The molecular weight excluding hydrogens is 248 g/mol. The van der Waals surface area contributed by atoms with Gasteiger partial charge in [0, 0.05) is 17.2 Å². The van der Waals surface area contributed by atoms with E-state index in [1.165, 1.54) is 6.07 Å². The van der Waals surface area contributed by atoms with Crippen LogP contribution in [0.1, 0.15) is 35.2 Å². The molecule has 0 spiro atoms. The molecule has 102 valence electrons. The molecule has 2 rings (SSSR count). The summed E-state index contributed by atoms with van der Waals surface area (Å²) in [5.41, 5.74) is 0.148. The molecule has 1 aromatic rings. The first-order chi connectivity index (χ1) is 8.97. The molecule has 1 amide bonds. The van der Waals surface area contributed by atoms with Crippen molar-refractivity contribution in [1.29, 1.82) is 0 Å². The Labute approximate surface area is 110 Å². The quantitative estimate of drug-likeness (QED) is 0.637. The highest BCUT2D eigenvalue weighted by atomic mass is 16.6. The second-order valence-electron chi connectivity index (χ2n) is 5.00. The van der Waals surface area contributed by atoms with Gasteiger partial charge in [-0.1, -0.05) is 6.07 Å². The van der Waals surface area contributed by atoms with Crippen LogP contribution in [0.25, 0.3) is 0 Å². The van der Waals surface area contributed by atoms with E-state index in [9.17, 15) is 20.0 Å². The summed E-state index contributed by atoms with van der Waals surface area (Å²) in [6.45, 7) is 1.52.